The Bertz CT molecular complexity index is 230. The van der Waals surface area contributed by atoms with E-state index in [1.54, 1.807) is 11.8 Å². The molecule has 4 nitrogen and oxygen atoms in total. The van der Waals surface area contributed by atoms with Gasteiger partial charge in [0.25, 0.3) is 0 Å². The number of carbonyl (C=O) groups excluding carboxylic acids is 2. The lowest BCUT2D eigenvalue weighted by molar-refractivity contribution is -0.161. The smallest absolute Gasteiger partial charge is 0.397 e. The molecule has 0 aromatic carbocycles. The van der Waals surface area contributed by atoms with Crippen LogP contribution in [-0.4, -0.2) is 35.5 Å². The molecule has 0 aromatic heterocycles. The molecule has 0 radical (unpaired) electrons. The van der Waals surface area contributed by atoms with E-state index in [-0.39, 0.29) is 18.7 Å². The predicted molar refractivity (Wildman–Crippen MR) is 51.6 cm³/mol. The highest BCUT2D eigenvalue weighted by atomic mass is 16.5. The van der Waals surface area contributed by atoms with Crippen LogP contribution in [0.15, 0.2) is 0 Å². The van der Waals surface area contributed by atoms with Gasteiger partial charge in [-0.1, -0.05) is 0 Å². The van der Waals surface area contributed by atoms with Crippen LogP contribution < -0.4 is 0 Å². The van der Waals surface area contributed by atoms with Gasteiger partial charge in [-0.2, -0.15) is 0 Å². The third-order valence-corrected chi connectivity index (χ3v) is 2.64. The summed E-state index contributed by atoms with van der Waals surface area (Å²) in [4.78, 5) is 24.4. The van der Waals surface area contributed by atoms with Crippen molar-refractivity contribution in [2.45, 2.75) is 45.7 Å². The normalized spacial score (nSPS) is 26.4. The van der Waals surface area contributed by atoms with E-state index in [9.17, 15) is 9.59 Å². The van der Waals surface area contributed by atoms with Gasteiger partial charge in [-0.05, 0) is 33.6 Å². The zero-order valence-corrected chi connectivity index (χ0v) is 8.95. The van der Waals surface area contributed by atoms with Gasteiger partial charge in [0.2, 0.25) is 0 Å². The second-order valence-electron chi connectivity index (χ2n) is 3.71. The monoisotopic (exact) mass is 199 g/mol. The Balaban J connectivity index is 2.63. The lowest BCUT2D eigenvalue weighted by Crippen LogP contribution is -2.43. The van der Waals surface area contributed by atoms with Crippen LogP contribution >= 0.6 is 0 Å². The number of ether oxygens (including phenoxy) is 1. The Morgan fingerprint density at radius 2 is 1.79 bits per heavy atom. The molecular weight excluding hydrogens is 182 g/mol. The second kappa shape index (κ2) is 4.44. The molecule has 1 fully saturated rings. The van der Waals surface area contributed by atoms with Gasteiger partial charge in [0.15, 0.2) is 0 Å². The van der Waals surface area contributed by atoms with E-state index in [4.69, 9.17) is 0 Å². The topological polar surface area (TPSA) is 46.6 Å². The summed E-state index contributed by atoms with van der Waals surface area (Å²) in [6, 6.07) is 0.309. The summed E-state index contributed by atoms with van der Waals surface area (Å²) in [6.07, 6.45) is 1.93. The van der Waals surface area contributed by atoms with E-state index in [1.807, 2.05) is 13.8 Å². The molecule has 4 heteroatoms. The van der Waals surface area contributed by atoms with Gasteiger partial charge in [0, 0.05) is 12.1 Å². The van der Waals surface area contributed by atoms with E-state index in [2.05, 4.69) is 4.74 Å². The summed E-state index contributed by atoms with van der Waals surface area (Å²) in [5.41, 5.74) is 0. The SMILES string of the molecule is CCOC(=O)C(=O)N1[C@H](C)CC[C@H]1C. The number of hydrogen-bond donors (Lipinski definition) is 0. The number of rotatable bonds is 1. The summed E-state index contributed by atoms with van der Waals surface area (Å²) >= 11 is 0. The maximum absolute atomic E-state index is 11.6. The molecule has 0 saturated carbocycles. The number of esters is 1. The van der Waals surface area contributed by atoms with Gasteiger partial charge in [0.1, 0.15) is 0 Å². The zero-order chi connectivity index (χ0) is 10.7. The average molecular weight is 199 g/mol. The predicted octanol–water partition coefficient (Wildman–Crippen LogP) is 0.949. The lowest BCUT2D eigenvalue weighted by atomic mass is 10.2. The molecule has 80 valence electrons. The Kier molecular flexibility index (Phi) is 3.49. The number of hydrogen-bond acceptors (Lipinski definition) is 3. The van der Waals surface area contributed by atoms with Crippen LogP contribution in [0.5, 0.6) is 0 Å². The van der Waals surface area contributed by atoms with Crippen LogP contribution in [0.3, 0.4) is 0 Å². The fourth-order valence-corrected chi connectivity index (χ4v) is 1.89. The van der Waals surface area contributed by atoms with Crippen LogP contribution in [0.2, 0.25) is 0 Å². The third-order valence-electron chi connectivity index (χ3n) is 2.64. The summed E-state index contributed by atoms with van der Waals surface area (Å²) in [7, 11) is 0. The zero-order valence-electron chi connectivity index (χ0n) is 8.95. The van der Waals surface area contributed by atoms with Gasteiger partial charge >= 0.3 is 11.9 Å². The van der Waals surface area contributed by atoms with Crippen molar-refractivity contribution in [2.24, 2.45) is 0 Å². The Morgan fingerprint density at radius 3 is 2.21 bits per heavy atom. The highest BCUT2D eigenvalue weighted by molar-refractivity contribution is 6.32. The highest BCUT2D eigenvalue weighted by Crippen LogP contribution is 2.23. The first-order valence-electron chi connectivity index (χ1n) is 5.07. The molecule has 0 aromatic rings. The van der Waals surface area contributed by atoms with Crippen molar-refractivity contribution in [1.29, 1.82) is 0 Å². The van der Waals surface area contributed by atoms with Gasteiger partial charge in [0.05, 0.1) is 6.61 Å². The quantitative estimate of drug-likeness (QED) is 0.466. The molecule has 0 bridgehead atoms. The fourth-order valence-electron chi connectivity index (χ4n) is 1.89. The molecule has 14 heavy (non-hydrogen) atoms. The summed E-state index contributed by atoms with van der Waals surface area (Å²) in [5, 5.41) is 0. The Hall–Kier alpha value is -1.06. The lowest BCUT2D eigenvalue weighted by Gasteiger charge is -2.24. The van der Waals surface area contributed by atoms with Crippen LogP contribution in [0.25, 0.3) is 0 Å². The molecule has 0 aliphatic carbocycles. The van der Waals surface area contributed by atoms with E-state index < -0.39 is 11.9 Å². The van der Waals surface area contributed by atoms with Crippen molar-refractivity contribution in [3.63, 3.8) is 0 Å². The molecule has 2 atom stereocenters. The molecule has 0 unspecified atom stereocenters. The first-order valence-corrected chi connectivity index (χ1v) is 5.07. The number of nitrogens with zero attached hydrogens (tertiary/aromatic N) is 1. The second-order valence-corrected chi connectivity index (χ2v) is 3.71. The maximum atomic E-state index is 11.6. The summed E-state index contributed by atoms with van der Waals surface area (Å²) in [6.45, 7) is 5.87. The standard InChI is InChI=1S/C10H17NO3/c1-4-14-10(13)9(12)11-7(2)5-6-8(11)3/h7-8H,4-6H2,1-3H3/t7-,8-/m1/s1. The molecule has 1 aliphatic rings. The van der Waals surface area contributed by atoms with Crippen molar-refractivity contribution >= 4 is 11.9 Å². The minimum absolute atomic E-state index is 0.155. The maximum Gasteiger partial charge on any atom is 0.397 e. The number of carbonyl (C=O) groups is 2. The van der Waals surface area contributed by atoms with Gasteiger partial charge in [-0.15, -0.1) is 0 Å². The number of likely N-dealkylation sites (tertiary alicyclic amines) is 1. The third kappa shape index (κ3) is 2.05. The van der Waals surface area contributed by atoms with Gasteiger partial charge in [-0.25, -0.2) is 4.79 Å². The average Bonchev–Trinajstić information content (AvgIpc) is 2.46. The van der Waals surface area contributed by atoms with Gasteiger partial charge < -0.3 is 9.64 Å². The van der Waals surface area contributed by atoms with Crippen molar-refractivity contribution in [3.8, 4) is 0 Å². The van der Waals surface area contributed by atoms with Crippen LogP contribution in [0.1, 0.15) is 33.6 Å². The minimum atomic E-state index is -0.729. The van der Waals surface area contributed by atoms with E-state index in [0.29, 0.717) is 0 Å². The minimum Gasteiger partial charge on any atom is -0.459 e. The van der Waals surface area contributed by atoms with Crippen LogP contribution in [0, 0.1) is 0 Å². The summed E-state index contributed by atoms with van der Waals surface area (Å²) < 4.78 is 4.68. The van der Waals surface area contributed by atoms with Crippen LogP contribution in [0.4, 0.5) is 0 Å². The van der Waals surface area contributed by atoms with E-state index in [1.165, 1.54) is 0 Å². The first kappa shape index (κ1) is 11.0. The Labute approximate surface area is 84.2 Å². The first-order chi connectivity index (χ1) is 6.57. The van der Waals surface area contributed by atoms with Gasteiger partial charge in [-0.3, -0.25) is 4.79 Å². The fraction of sp³-hybridized carbons (Fsp3) is 0.800. The van der Waals surface area contributed by atoms with Crippen molar-refractivity contribution in [3.05, 3.63) is 0 Å². The molecular formula is C10H17NO3. The van der Waals surface area contributed by atoms with Crippen molar-refractivity contribution in [2.75, 3.05) is 6.61 Å². The van der Waals surface area contributed by atoms with Crippen molar-refractivity contribution < 1.29 is 14.3 Å². The molecule has 1 aliphatic heterocycles. The molecule has 1 amide bonds. The van der Waals surface area contributed by atoms with E-state index in [0.717, 1.165) is 12.8 Å². The molecule has 1 heterocycles. The summed E-state index contributed by atoms with van der Waals surface area (Å²) in [5.74, 6) is -1.22. The molecule has 1 rings (SSSR count). The molecule has 0 spiro atoms. The highest BCUT2D eigenvalue weighted by Gasteiger charge is 2.35. The largest absolute Gasteiger partial charge is 0.459 e. The number of amides is 1. The Morgan fingerprint density at radius 1 is 1.29 bits per heavy atom. The van der Waals surface area contributed by atoms with Crippen molar-refractivity contribution in [1.82, 2.24) is 4.90 Å². The molecule has 1 saturated heterocycles. The van der Waals surface area contributed by atoms with Crippen LogP contribution in [-0.2, 0) is 14.3 Å². The molecule has 0 N–H and O–H groups in total. The van der Waals surface area contributed by atoms with E-state index >= 15 is 0 Å².